The van der Waals surface area contributed by atoms with Gasteiger partial charge in [0.2, 0.25) is 0 Å². The van der Waals surface area contributed by atoms with Crippen molar-refractivity contribution in [1.82, 2.24) is 9.88 Å². The number of rotatable bonds is 3. The van der Waals surface area contributed by atoms with Crippen LogP contribution in [0.4, 0.5) is 5.82 Å². The number of halogens is 2. The molecule has 0 bridgehead atoms. The smallest absolute Gasteiger partial charge is 0.128 e. The van der Waals surface area contributed by atoms with Crippen LogP contribution in [-0.2, 0) is 6.54 Å². The summed E-state index contributed by atoms with van der Waals surface area (Å²) in [5.41, 5.74) is 6.67. The molecule has 6 heteroatoms. The van der Waals surface area contributed by atoms with Gasteiger partial charge in [-0.1, -0.05) is 6.07 Å². The Morgan fingerprint density at radius 1 is 1.26 bits per heavy atom. The Morgan fingerprint density at radius 3 is 2.32 bits per heavy atom. The average molecular weight is 307 g/mol. The third-order valence-electron chi connectivity index (χ3n) is 3.56. The molecule has 19 heavy (non-hydrogen) atoms. The predicted octanol–water partition coefficient (Wildman–Crippen LogP) is 1.91. The van der Waals surface area contributed by atoms with E-state index in [1.807, 2.05) is 6.20 Å². The Bertz CT molecular complexity index is 348. The van der Waals surface area contributed by atoms with Gasteiger partial charge in [-0.3, -0.25) is 0 Å². The van der Waals surface area contributed by atoms with Crippen LogP contribution in [0.25, 0.3) is 0 Å². The molecule has 1 saturated heterocycles. The summed E-state index contributed by atoms with van der Waals surface area (Å²) >= 11 is 0. The zero-order valence-corrected chi connectivity index (χ0v) is 13.2. The summed E-state index contributed by atoms with van der Waals surface area (Å²) in [6.45, 7) is 2.76. The number of nitrogens with zero attached hydrogens (tertiary/aromatic N) is 3. The van der Waals surface area contributed by atoms with Crippen molar-refractivity contribution in [2.24, 2.45) is 5.73 Å². The van der Waals surface area contributed by atoms with Gasteiger partial charge in [0.1, 0.15) is 5.82 Å². The van der Waals surface area contributed by atoms with E-state index >= 15 is 0 Å². The summed E-state index contributed by atoms with van der Waals surface area (Å²) in [6, 6.07) is 4.87. The minimum absolute atomic E-state index is 0. The highest BCUT2D eigenvalue weighted by Gasteiger charge is 2.21. The van der Waals surface area contributed by atoms with E-state index in [1.165, 1.54) is 12.8 Å². The molecule has 0 aromatic carbocycles. The van der Waals surface area contributed by atoms with Gasteiger partial charge in [-0.05, 0) is 38.6 Å². The van der Waals surface area contributed by atoms with Crippen molar-refractivity contribution in [2.75, 3.05) is 32.1 Å². The predicted molar refractivity (Wildman–Crippen MR) is 85.5 cm³/mol. The number of hydrogen-bond donors (Lipinski definition) is 1. The van der Waals surface area contributed by atoms with E-state index in [0.29, 0.717) is 6.54 Å². The average Bonchev–Trinajstić information content (AvgIpc) is 2.39. The molecule has 0 spiro atoms. The van der Waals surface area contributed by atoms with Crippen LogP contribution in [0.1, 0.15) is 18.4 Å². The van der Waals surface area contributed by atoms with E-state index in [0.717, 1.165) is 30.5 Å². The second-order valence-corrected chi connectivity index (χ2v) is 4.91. The highest BCUT2D eigenvalue weighted by molar-refractivity contribution is 5.85. The van der Waals surface area contributed by atoms with Gasteiger partial charge in [-0.25, -0.2) is 4.98 Å². The van der Waals surface area contributed by atoms with Crippen molar-refractivity contribution in [3.8, 4) is 0 Å². The minimum atomic E-state index is 0. The maximum absolute atomic E-state index is 5.57. The number of hydrogen-bond acceptors (Lipinski definition) is 4. The van der Waals surface area contributed by atoms with Gasteiger partial charge >= 0.3 is 0 Å². The fourth-order valence-corrected chi connectivity index (χ4v) is 2.34. The van der Waals surface area contributed by atoms with E-state index in [1.54, 1.807) is 0 Å². The van der Waals surface area contributed by atoms with Crippen molar-refractivity contribution >= 4 is 30.6 Å². The van der Waals surface area contributed by atoms with E-state index in [4.69, 9.17) is 5.73 Å². The molecule has 0 radical (unpaired) electrons. The van der Waals surface area contributed by atoms with Crippen molar-refractivity contribution < 1.29 is 0 Å². The van der Waals surface area contributed by atoms with Crippen LogP contribution in [0.5, 0.6) is 0 Å². The van der Waals surface area contributed by atoms with Crippen LogP contribution in [0.2, 0.25) is 0 Å². The molecule has 0 atom stereocenters. The molecule has 0 aliphatic carbocycles. The van der Waals surface area contributed by atoms with E-state index in [9.17, 15) is 0 Å². The highest BCUT2D eigenvalue weighted by atomic mass is 35.5. The zero-order chi connectivity index (χ0) is 12.3. The molecule has 1 aromatic heterocycles. The van der Waals surface area contributed by atoms with Gasteiger partial charge in [-0.2, -0.15) is 0 Å². The number of nitrogens with two attached hydrogens (primary N) is 1. The first-order valence-electron chi connectivity index (χ1n) is 6.27. The summed E-state index contributed by atoms with van der Waals surface area (Å²) < 4.78 is 0. The third-order valence-corrected chi connectivity index (χ3v) is 3.56. The Morgan fingerprint density at radius 2 is 1.89 bits per heavy atom. The lowest BCUT2D eigenvalue weighted by Crippen LogP contribution is -2.42. The number of aromatic nitrogens is 1. The minimum Gasteiger partial charge on any atom is -0.357 e. The second kappa shape index (κ2) is 8.59. The molecule has 0 saturated carbocycles. The van der Waals surface area contributed by atoms with Gasteiger partial charge in [0.25, 0.3) is 0 Å². The summed E-state index contributed by atoms with van der Waals surface area (Å²) in [7, 11) is 4.32. The lowest BCUT2D eigenvalue weighted by Gasteiger charge is -2.35. The first-order chi connectivity index (χ1) is 8.20. The van der Waals surface area contributed by atoms with Crippen LogP contribution in [0, 0.1) is 0 Å². The molecule has 0 amide bonds. The second-order valence-electron chi connectivity index (χ2n) is 4.91. The van der Waals surface area contributed by atoms with Crippen LogP contribution >= 0.6 is 24.8 Å². The Labute approximate surface area is 128 Å². The molecular weight excluding hydrogens is 283 g/mol. The van der Waals surface area contributed by atoms with Gasteiger partial charge in [0.15, 0.2) is 0 Å². The molecule has 2 heterocycles. The van der Waals surface area contributed by atoms with Crippen molar-refractivity contribution in [1.29, 1.82) is 0 Å². The van der Waals surface area contributed by atoms with E-state index in [2.05, 4.69) is 41.0 Å². The Balaban J connectivity index is 0.00000162. The summed E-state index contributed by atoms with van der Waals surface area (Å²) in [4.78, 5) is 9.16. The van der Waals surface area contributed by atoms with E-state index < -0.39 is 0 Å². The third kappa shape index (κ3) is 4.80. The number of pyridine rings is 1. The molecule has 1 aliphatic rings. The SMILES string of the molecule is CN(C)C1CCN(c2ccc(CN)cn2)CC1.Cl.Cl. The number of piperidine rings is 1. The highest BCUT2D eigenvalue weighted by Crippen LogP contribution is 2.19. The summed E-state index contributed by atoms with van der Waals surface area (Å²) in [5.74, 6) is 1.08. The van der Waals surface area contributed by atoms with Gasteiger partial charge in [-0.15, -0.1) is 24.8 Å². The lowest BCUT2D eigenvalue weighted by molar-refractivity contribution is 0.249. The Kier molecular flexibility index (Phi) is 8.34. The van der Waals surface area contributed by atoms with Crippen LogP contribution < -0.4 is 10.6 Å². The van der Waals surface area contributed by atoms with Crippen molar-refractivity contribution in [3.05, 3.63) is 23.9 Å². The van der Waals surface area contributed by atoms with Crippen molar-refractivity contribution in [3.63, 3.8) is 0 Å². The fourth-order valence-electron chi connectivity index (χ4n) is 2.34. The fraction of sp³-hybridized carbons (Fsp3) is 0.615. The molecular formula is C13H24Cl2N4. The molecule has 4 nitrogen and oxygen atoms in total. The monoisotopic (exact) mass is 306 g/mol. The van der Waals surface area contributed by atoms with Gasteiger partial charge < -0.3 is 15.5 Å². The molecule has 1 aliphatic heterocycles. The topological polar surface area (TPSA) is 45.4 Å². The standard InChI is InChI=1S/C13H22N4.2ClH/c1-16(2)12-5-7-17(8-6-12)13-4-3-11(9-14)10-15-13;;/h3-4,10,12H,5-9,14H2,1-2H3;2*1H. The van der Waals surface area contributed by atoms with E-state index in [-0.39, 0.29) is 24.8 Å². The zero-order valence-electron chi connectivity index (χ0n) is 11.6. The maximum Gasteiger partial charge on any atom is 0.128 e. The molecule has 1 fully saturated rings. The molecule has 0 unspecified atom stereocenters. The van der Waals surface area contributed by atoms with Crippen LogP contribution in [0.15, 0.2) is 18.3 Å². The van der Waals surface area contributed by atoms with Crippen molar-refractivity contribution in [2.45, 2.75) is 25.4 Å². The van der Waals surface area contributed by atoms with Crippen LogP contribution in [-0.4, -0.2) is 43.1 Å². The van der Waals surface area contributed by atoms with Crippen LogP contribution in [0.3, 0.4) is 0 Å². The molecule has 1 aromatic rings. The first-order valence-corrected chi connectivity index (χ1v) is 6.27. The molecule has 2 N–H and O–H groups in total. The Hall–Kier alpha value is -0.550. The molecule has 110 valence electrons. The summed E-state index contributed by atoms with van der Waals surface area (Å²) in [5, 5.41) is 0. The number of anilines is 1. The lowest BCUT2D eigenvalue weighted by atomic mass is 10.0. The maximum atomic E-state index is 5.57. The van der Waals surface area contributed by atoms with Gasteiger partial charge in [0.05, 0.1) is 0 Å². The normalized spacial score (nSPS) is 15.9. The summed E-state index contributed by atoms with van der Waals surface area (Å²) in [6.07, 6.45) is 4.31. The van der Waals surface area contributed by atoms with Gasteiger partial charge in [0, 0.05) is 31.9 Å². The first kappa shape index (κ1) is 18.4. The largest absolute Gasteiger partial charge is 0.357 e. The quantitative estimate of drug-likeness (QED) is 0.926. The molecule has 2 rings (SSSR count).